The molecule has 1 aliphatic rings. The minimum absolute atomic E-state index is 0.0129. The number of carbonyl (C=O) groups is 1. The number of alkyl halides is 3. The minimum Gasteiger partial charge on any atom is -0.482 e. The maximum absolute atomic E-state index is 12.2. The summed E-state index contributed by atoms with van der Waals surface area (Å²) in [6.07, 6.45) is -1.72. The summed E-state index contributed by atoms with van der Waals surface area (Å²) in [5.74, 6) is -0.239. The fraction of sp³-hybridized carbons (Fsp3) is 0.500. The fourth-order valence-electron chi connectivity index (χ4n) is 2.15. The molecule has 0 saturated carbocycles. The number of halogens is 3. The number of nitrogens with one attached hydrogen (secondary N) is 2. The number of hydrogen-bond donors (Lipinski definition) is 2. The number of rotatable bonds is 4. The Labute approximate surface area is 120 Å². The van der Waals surface area contributed by atoms with Crippen LogP contribution in [-0.2, 0) is 4.79 Å². The highest BCUT2D eigenvalue weighted by atomic mass is 19.4. The van der Waals surface area contributed by atoms with Gasteiger partial charge < -0.3 is 15.4 Å². The lowest BCUT2D eigenvalue weighted by atomic mass is 10.0. The first-order valence-corrected chi connectivity index (χ1v) is 6.78. The number of para-hydroxylation sites is 2. The van der Waals surface area contributed by atoms with Crippen LogP contribution in [0.4, 0.5) is 18.9 Å². The number of hydrogen-bond acceptors (Lipinski definition) is 3. The van der Waals surface area contributed by atoms with Gasteiger partial charge in [0.2, 0.25) is 5.91 Å². The first-order chi connectivity index (χ1) is 9.96. The Morgan fingerprint density at radius 3 is 2.76 bits per heavy atom. The van der Waals surface area contributed by atoms with E-state index in [0.29, 0.717) is 0 Å². The molecule has 1 saturated heterocycles. The van der Waals surface area contributed by atoms with Gasteiger partial charge in [-0.25, -0.2) is 0 Å². The molecule has 1 aliphatic heterocycles. The third-order valence-corrected chi connectivity index (χ3v) is 3.16. The van der Waals surface area contributed by atoms with E-state index in [1.54, 1.807) is 12.1 Å². The predicted octanol–water partition coefficient (Wildman–Crippen LogP) is 2.71. The van der Waals surface area contributed by atoms with Crippen LogP contribution in [0.2, 0.25) is 0 Å². The molecule has 21 heavy (non-hydrogen) atoms. The second-order valence-electron chi connectivity index (χ2n) is 4.89. The van der Waals surface area contributed by atoms with Crippen molar-refractivity contribution in [3.8, 4) is 5.75 Å². The van der Waals surface area contributed by atoms with Crippen molar-refractivity contribution >= 4 is 11.6 Å². The summed E-state index contributed by atoms with van der Waals surface area (Å²) in [6, 6.07) is 5.79. The Morgan fingerprint density at radius 2 is 2.10 bits per heavy atom. The summed E-state index contributed by atoms with van der Waals surface area (Å²) in [5.41, 5.74) is 0.249. The molecule has 1 heterocycles. The Bertz CT molecular complexity index is 485. The summed E-state index contributed by atoms with van der Waals surface area (Å²) < 4.78 is 41.3. The largest absolute Gasteiger partial charge is 0.482 e. The molecule has 1 aromatic rings. The molecule has 1 unspecified atom stereocenters. The van der Waals surface area contributed by atoms with Gasteiger partial charge >= 0.3 is 6.18 Å². The lowest BCUT2D eigenvalue weighted by Crippen LogP contribution is -2.43. The number of piperidine rings is 1. The van der Waals surface area contributed by atoms with Crippen LogP contribution in [0.5, 0.6) is 5.75 Å². The second-order valence-corrected chi connectivity index (χ2v) is 4.89. The van der Waals surface area contributed by atoms with Crippen LogP contribution in [0.15, 0.2) is 24.3 Å². The van der Waals surface area contributed by atoms with Crippen LogP contribution in [0.25, 0.3) is 0 Å². The molecule has 0 bridgehead atoms. The second kappa shape index (κ2) is 6.80. The predicted molar refractivity (Wildman–Crippen MR) is 72.3 cm³/mol. The Morgan fingerprint density at radius 1 is 1.33 bits per heavy atom. The van der Waals surface area contributed by atoms with Gasteiger partial charge in [-0.3, -0.25) is 4.79 Å². The molecular weight excluding hydrogens is 285 g/mol. The van der Waals surface area contributed by atoms with E-state index >= 15 is 0 Å². The zero-order valence-electron chi connectivity index (χ0n) is 11.4. The molecule has 1 fully saturated rings. The van der Waals surface area contributed by atoms with Gasteiger partial charge in [-0.05, 0) is 31.5 Å². The summed E-state index contributed by atoms with van der Waals surface area (Å²) in [6.45, 7) is -0.619. The highest BCUT2D eigenvalue weighted by molar-refractivity contribution is 5.96. The number of ether oxygens (including phenoxy) is 1. The van der Waals surface area contributed by atoms with E-state index in [0.717, 1.165) is 25.8 Å². The third-order valence-electron chi connectivity index (χ3n) is 3.16. The standard InChI is InChI=1S/C14H17F3N2O2/c15-14(16,17)9-21-12-7-2-1-5-10(12)19-13(20)11-6-3-4-8-18-11/h1-2,5,7,11,18H,3-4,6,8-9H2,(H,19,20). The van der Waals surface area contributed by atoms with Gasteiger partial charge in [0, 0.05) is 0 Å². The van der Waals surface area contributed by atoms with E-state index in [1.807, 2.05) is 0 Å². The van der Waals surface area contributed by atoms with Gasteiger partial charge in [0.15, 0.2) is 6.61 Å². The molecule has 2 N–H and O–H groups in total. The van der Waals surface area contributed by atoms with Crippen molar-refractivity contribution in [1.82, 2.24) is 5.32 Å². The van der Waals surface area contributed by atoms with Crippen LogP contribution in [-0.4, -0.2) is 31.3 Å². The quantitative estimate of drug-likeness (QED) is 0.899. The molecular formula is C14H17F3N2O2. The molecule has 1 amide bonds. The molecule has 0 radical (unpaired) electrons. The smallest absolute Gasteiger partial charge is 0.422 e. The summed E-state index contributed by atoms with van der Waals surface area (Å²) in [5, 5.41) is 5.70. The molecule has 2 rings (SSSR count). The number of amides is 1. The van der Waals surface area contributed by atoms with E-state index in [2.05, 4.69) is 10.6 Å². The topological polar surface area (TPSA) is 50.4 Å². The Hall–Kier alpha value is -1.76. The monoisotopic (exact) mass is 302 g/mol. The Balaban J connectivity index is 2.00. The van der Waals surface area contributed by atoms with Crippen LogP contribution in [0.1, 0.15) is 19.3 Å². The molecule has 116 valence electrons. The number of benzene rings is 1. The van der Waals surface area contributed by atoms with Gasteiger partial charge in [-0.15, -0.1) is 0 Å². The van der Waals surface area contributed by atoms with Crippen molar-refractivity contribution in [2.45, 2.75) is 31.5 Å². The van der Waals surface area contributed by atoms with E-state index in [4.69, 9.17) is 4.74 Å². The molecule has 4 nitrogen and oxygen atoms in total. The molecule has 0 aromatic heterocycles. The normalized spacial score (nSPS) is 19.1. The van der Waals surface area contributed by atoms with Gasteiger partial charge in [0.1, 0.15) is 5.75 Å². The molecule has 1 atom stereocenters. The SMILES string of the molecule is O=C(Nc1ccccc1OCC(F)(F)F)C1CCCCN1. The average molecular weight is 302 g/mol. The summed E-state index contributed by atoms with van der Waals surface area (Å²) in [4.78, 5) is 12.1. The average Bonchev–Trinajstić information content (AvgIpc) is 2.46. The van der Waals surface area contributed by atoms with Crippen molar-refractivity contribution in [3.63, 3.8) is 0 Å². The first kappa shape index (κ1) is 15.6. The highest BCUT2D eigenvalue weighted by Crippen LogP contribution is 2.26. The van der Waals surface area contributed by atoms with Gasteiger partial charge in [-0.2, -0.15) is 13.2 Å². The van der Waals surface area contributed by atoms with Crippen molar-refractivity contribution in [1.29, 1.82) is 0 Å². The zero-order chi connectivity index (χ0) is 15.3. The van der Waals surface area contributed by atoms with Crippen LogP contribution < -0.4 is 15.4 Å². The van der Waals surface area contributed by atoms with Gasteiger partial charge in [0.05, 0.1) is 11.7 Å². The van der Waals surface area contributed by atoms with Crippen LogP contribution >= 0.6 is 0 Å². The van der Waals surface area contributed by atoms with Crippen molar-refractivity contribution < 1.29 is 22.7 Å². The Kier molecular flexibility index (Phi) is 5.06. The first-order valence-electron chi connectivity index (χ1n) is 6.78. The minimum atomic E-state index is -4.41. The van der Waals surface area contributed by atoms with Gasteiger partial charge in [-0.1, -0.05) is 18.6 Å². The highest BCUT2D eigenvalue weighted by Gasteiger charge is 2.29. The number of carbonyl (C=O) groups excluding carboxylic acids is 1. The van der Waals surface area contributed by atoms with Crippen molar-refractivity contribution in [2.75, 3.05) is 18.5 Å². The van der Waals surface area contributed by atoms with Crippen LogP contribution in [0.3, 0.4) is 0 Å². The van der Waals surface area contributed by atoms with Crippen molar-refractivity contribution in [3.05, 3.63) is 24.3 Å². The van der Waals surface area contributed by atoms with Crippen LogP contribution in [0, 0.1) is 0 Å². The van der Waals surface area contributed by atoms with Gasteiger partial charge in [0.25, 0.3) is 0 Å². The number of anilines is 1. The summed E-state index contributed by atoms with van der Waals surface area (Å²) in [7, 11) is 0. The molecule has 0 spiro atoms. The maximum Gasteiger partial charge on any atom is 0.422 e. The van der Waals surface area contributed by atoms with E-state index < -0.39 is 12.8 Å². The summed E-state index contributed by atoms with van der Waals surface area (Å²) >= 11 is 0. The van der Waals surface area contributed by atoms with E-state index in [9.17, 15) is 18.0 Å². The third kappa shape index (κ3) is 4.93. The molecule has 1 aromatic carbocycles. The van der Waals surface area contributed by atoms with E-state index in [1.165, 1.54) is 12.1 Å². The molecule has 0 aliphatic carbocycles. The molecule has 7 heteroatoms. The zero-order valence-corrected chi connectivity index (χ0v) is 11.4. The maximum atomic E-state index is 12.2. The lowest BCUT2D eigenvalue weighted by molar-refractivity contribution is -0.153. The fourth-order valence-corrected chi connectivity index (χ4v) is 2.15. The lowest BCUT2D eigenvalue weighted by Gasteiger charge is -2.23. The van der Waals surface area contributed by atoms with E-state index in [-0.39, 0.29) is 23.4 Å². The van der Waals surface area contributed by atoms with Crippen molar-refractivity contribution in [2.24, 2.45) is 0 Å².